The van der Waals surface area contributed by atoms with Crippen LogP contribution in [-0.2, 0) is 9.59 Å². The van der Waals surface area contributed by atoms with Crippen molar-refractivity contribution in [3.8, 4) is 0 Å². The first-order chi connectivity index (χ1) is 10.6. The first-order valence-electron chi connectivity index (χ1n) is 7.90. The number of para-hydroxylation sites is 1. The van der Waals surface area contributed by atoms with Crippen molar-refractivity contribution in [2.75, 3.05) is 11.4 Å². The van der Waals surface area contributed by atoms with Crippen LogP contribution >= 0.6 is 0 Å². The SMILES string of the molecule is CC(=O)N(CCC(=O)NC1CCCCC1)c1ccccc1F. The highest BCUT2D eigenvalue weighted by Gasteiger charge is 2.19. The van der Waals surface area contributed by atoms with Gasteiger partial charge in [0.15, 0.2) is 0 Å². The average Bonchev–Trinajstić information content (AvgIpc) is 2.50. The van der Waals surface area contributed by atoms with Crippen LogP contribution in [0.5, 0.6) is 0 Å². The Kier molecular flexibility index (Phi) is 5.92. The molecule has 2 amide bonds. The number of benzene rings is 1. The molecule has 1 saturated carbocycles. The summed E-state index contributed by atoms with van der Waals surface area (Å²) in [6.45, 7) is 1.57. The smallest absolute Gasteiger partial charge is 0.223 e. The number of rotatable bonds is 5. The third kappa shape index (κ3) is 4.55. The Balaban J connectivity index is 1.90. The van der Waals surface area contributed by atoms with Gasteiger partial charge in [0.1, 0.15) is 5.82 Å². The van der Waals surface area contributed by atoms with Crippen LogP contribution in [0.3, 0.4) is 0 Å². The number of anilines is 1. The van der Waals surface area contributed by atoms with Crippen LogP contribution in [0.1, 0.15) is 45.4 Å². The third-order valence-electron chi connectivity index (χ3n) is 4.06. The van der Waals surface area contributed by atoms with Gasteiger partial charge in [-0.25, -0.2) is 4.39 Å². The van der Waals surface area contributed by atoms with Gasteiger partial charge in [-0.3, -0.25) is 9.59 Å². The number of hydrogen-bond donors (Lipinski definition) is 1. The minimum atomic E-state index is -0.453. The Hall–Kier alpha value is -1.91. The molecule has 0 bridgehead atoms. The van der Waals surface area contributed by atoms with Gasteiger partial charge in [0.2, 0.25) is 11.8 Å². The van der Waals surface area contributed by atoms with Crippen LogP contribution in [0.25, 0.3) is 0 Å². The zero-order valence-electron chi connectivity index (χ0n) is 13.0. The highest BCUT2D eigenvalue weighted by Crippen LogP contribution is 2.20. The van der Waals surface area contributed by atoms with Gasteiger partial charge in [-0.15, -0.1) is 0 Å². The Morgan fingerprint density at radius 2 is 1.91 bits per heavy atom. The Bertz CT molecular complexity index is 527. The number of hydrogen-bond acceptors (Lipinski definition) is 2. The lowest BCUT2D eigenvalue weighted by Gasteiger charge is -2.24. The summed E-state index contributed by atoms with van der Waals surface area (Å²) in [6.07, 6.45) is 5.77. The maximum Gasteiger partial charge on any atom is 0.223 e. The Morgan fingerprint density at radius 3 is 2.55 bits per heavy atom. The van der Waals surface area contributed by atoms with E-state index in [9.17, 15) is 14.0 Å². The first kappa shape index (κ1) is 16.5. The van der Waals surface area contributed by atoms with E-state index in [1.165, 1.54) is 24.3 Å². The lowest BCUT2D eigenvalue weighted by molar-refractivity contribution is -0.121. The monoisotopic (exact) mass is 306 g/mol. The summed E-state index contributed by atoms with van der Waals surface area (Å²) in [5, 5.41) is 3.01. The normalized spacial score (nSPS) is 15.4. The van der Waals surface area contributed by atoms with Crippen molar-refractivity contribution in [1.82, 2.24) is 5.32 Å². The Morgan fingerprint density at radius 1 is 1.23 bits per heavy atom. The number of amides is 2. The lowest BCUT2D eigenvalue weighted by Crippen LogP contribution is -2.39. The van der Waals surface area contributed by atoms with Gasteiger partial charge in [0.05, 0.1) is 5.69 Å². The second kappa shape index (κ2) is 7.92. The molecule has 22 heavy (non-hydrogen) atoms. The molecule has 0 saturated heterocycles. The van der Waals surface area contributed by atoms with Crippen LogP contribution in [0.15, 0.2) is 24.3 Å². The van der Waals surface area contributed by atoms with Crippen molar-refractivity contribution in [2.45, 2.75) is 51.5 Å². The molecule has 2 rings (SSSR count). The van der Waals surface area contributed by atoms with Crippen molar-refractivity contribution in [3.63, 3.8) is 0 Å². The standard InChI is InChI=1S/C17H23FN2O2/c1-13(21)20(16-10-6-5-9-15(16)18)12-11-17(22)19-14-7-3-2-4-8-14/h5-6,9-10,14H,2-4,7-8,11-12H2,1H3,(H,19,22). The molecule has 5 heteroatoms. The van der Waals surface area contributed by atoms with Crippen molar-refractivity contribution in [3.05, 3.63) is 30.1 Å². The van der Waals surface area contributed by atoms with Crippen LogP contribution < -0.4 is 10.2 Å². The van der Waals surface area contributed by atoms with Crippen LogP contribution in [0.4, 0.5) is 10.1 Å². The van der Waals surface area contributed by atoms with E-state index in [2.05, 4.69) is 5.32 Å². The summed E-state index contributed by atoms with van der Waals surface area (Å²) < 4.78 is 13.8. The third-order valence-corrected chi connectivity index (χ3v) is 4.06. The van der Waals surface area contributed by atoms with E-state index in [1.807, 2.05) is 0 Å². The second-order valence-corrected chi connectivity index (χ2v) is 5.77. The molecular formula is C17H23FN2O2. The molecule has 1 N–H and O–H groups in total. The molecular weight excluding hydrogens is 283 g/mol. The van der Waals surface area contributed by atoms with Crippen molar-refractivity contribution in [2.24, 2.45) is 0 Å². The first-order valence-corrected chi connectivity index (χ1v) is 7.90. The molecule has 0 aromatic heterocycles. The summed E-state index contributed by atoms with van der Waals surface area (Å²) >= 11 is 0. The molecule has 1 aromatic carbocycles. The minimum absolute atomic E-state index is 0.0745. The van der Waals surface area contributed by atoms with Crippen LogP contribution in [-0.4, -0.2) is 24.4 Å². The molecule has 4 nitrogen and oxygen atoms in total. The van der Waals surface area contributed by atoms with E-state index in [0.717, 1.165) is 25.7 Å². The summed E-state index contributed by atoms with van der Waals surface area (Å²) in [4.78, 5) is 25.1. The molecule has 1 fully saturated rings. The summed E-state index contributed by atoms with van der Waals surface area (Å²) in [5.41, 5.74) is 0.223. The predicted molar refractivity (Wildman–Crippen MR) is 84.1 cm³/mol. The predicted octanol–water partition coefficient (Wildman–Crippen LogP) is 3.02. The number of halogens is 1. The molecule has 120 valence electrons. The molecule has 0 spiro atoms. The van der Waals surface area contributed by atoms with E-state index < -0.39 is 5.82 Å². The van der Waals surface area contributed by atoms with Crippen molar-refractivity contribution < 1.29 is 14.0 Å². The molecule has 0 heterocycles. The topological polar surface area (TPSA) is 49.4 Å². The van der Waals surface area contributed by atoms with E-state index in [-0.39, 0.29) is 36.5 Å². The fraction of sp³-hybridized carbons (Fsp3) is 0.529. The molecule has 0 aliphatic heterocycles. The van der Waals surface area contributed by atoms with Gasteiger partial charge < -0.3 is 10.2 Å². The van der Waals surface area contributed by atoms with Crippen molar-refractivity contribution in [1.29, 1.82) is 0 Å². The highest BCUT2D eigenvalue weighted by molar-refractivity contribution is 5.92. The zero-order chi connectivity index (χ0) is 15.9. The lowest BCUT2D eigenvalue weighted by atomic mass is 9.95. The van der Waals surface area contributed by atoms with Crippen molar-refractivity contribution >= 4 is 17.5 Å². The van der Waals surface area contributed by atoms with Crippen LogP contribution in [0, 0.1) is 5.82 Å². The van der Waals surface area contributed by atoms with E-state index in [0.29, 0.717) is 0 Å². The fourth-order valence-electron chi connectivity index (χ4n) is 2.88. The van der Waals surface area contributed by atoms with Gasteiger partial charge >= 0.3 is 0 Å². The molecule has 0 unspecified atom stereocenters. The summed E-state index contributed by atoms with van der Waals surface area (Å²) in [6, 6.07) is 6.37. The molecule has 1 aromatic rings. The van der Waals surface area contributed by atoms with Gasteiger partial charge in [-0.05, 0) is 25.0 Å². The van der Waals surface area contributed by atoms with Gasteiger partial charge in [0.25, 0.3) is 0 Å². The van der Waals surface area contributed by atoms with Gasteiger partial charge in [-0.2, -0.15) is 0 Å². The number of carbonyl (C=O) groups is 2. The maximum absolute atomic E-state index is 13.8. The maximum atomic E-state index is 13.8. The van der Waals surface area contributed by atoms with Gasteiger partial charge in [0, 0.05) is 25.9 Å². The zero-order valence-corrected chi connectivity index (χ0v) is 13.0. The van der Waals surface area contributed by atoms with E-state index in [4.69, 9.17) is 0 Å². The highest BCUT2D eigenvalue weighted by atomic mass is 19.1. The van der Waals surface area contributed by atoms with Crippen LogP contribution in [0.2, 0.25) is 0 Å². The summed E-state index contributed by atoms with van der Waals surface area (Å²) in [5.74, 6) is -0.796. The van der Waals surface area contributed by atoms with E-state index in [1.54, 1.807) is 18.2 Å². The molecule has 0 atom stereocenters. The summed E-state index contributed by atoms with van der Waals surface area (Å²) in [7, 11) is 0. The minimum Gasteiger partial charge on any atom is -0.353 e. The van der Waals surface area contributed by atoms with E-state index >= 15 is 0 Å². The molecule has 1 aliphatic rings. The van der Waals surface area contributed by atoms with Gasteiger partial charge in [-0.1, -0.05) is 31.4 Å². The average molecular weight is 306 g/mol. The molecule has 1 aliphatic carbocycles. The second-order valence-electron chi connectivity index (χ2n) is 5.77. The largest absolute Gasteiger partial charge is 0.353 e. The Labute approximate surface area is 130 Å². The number of nitrogens with zero attached hydrogens (tertiary/aromatic N) is 1. The quantitative estimate of drug-likeness (QED) is 0.909. The number of carbonyl (C=O) groups excluding carboxylic acids is 2. The number of nitrogens with one attached hydrogen (secondary N) is 1. The fourth-order valence-corrected chi connectivity index (χ4v) is 2.88. The molecule has 0 radical (unpaired) electrons.